The van der Waals surface area contributed by atoms with Crippen LogP contribution in [0, 0.1) is 0 Å². The van der Waals surface area contributed by atoms with Gasteiger partial charge in [0.25, 0.3) is 0 Å². The summed E-state index contributed by atoms with van der Waals surface area (Å²) in [6.45, 7) is 4.29. The van der Waals surface area contributed by atoms with Crippen LogP contribution in [-0.2, 0) is 28.6 Å². The minimum Gasteiger partial charge on any atom is -0.477 e. The molecule has 0 aromatic rings. The van der Waals surface area contributed by atoms with Crippen LogP contribution in [0.2, 0.25) is 0 Å². The van der Waals surface area contributed by atoms with Crippen molar-refractivity contribution in [2.75, 3.05) is 41.0 Å². The molecule has 258 valence electrons. The molecule has 0 aromatic heterocycles. The number of nitrogens with zero attached hydrogens (tertiary/aromatic N) is 1. The van der Waals surface area contributed by atoms with Crippen LogP contribution < -0.4 is 0 Å². The van der Waals surface area contributed by atoms with Crippen molar-refractivity contribution < 1.29 is 38.2 Å². The summed E-state index contributed by atoms with van der Waals surface area (Å²) in [7, 11) is 5.45. The van der Waals surface area contributed by atoms with E-state index in [9.17, 15) is 19.5 Å². The maximum atomic E-state index is 12.5. The van der Waals surface area contributed by atoms with Crippen molar-refractivity contribution in [2.45, 2.75) is 96.6 Å². The highest BCUT2D eigenvalue weighted by Crippen LogP contribution is 2.10. The Bertz CT molecular complexity index is 1030. The van der Waals surface area contributed by atoms with Gasteiger partial charge < -0.3 is 23.8 Å². The average molecular weight is 643 g/mol. The Morgan fingerprint density at radius 1 is 0.674 bits per heavy atom. The molecule has 0 rings (SSSR count). The van der Waals surface area contributed by atoms with Crippen LogP contribution in [0.4, 0.5) is 0 Å². The number of hydrogen-bond donors (Lipinski definition) is 1. The molecule has 0 aliphatic carbocycles. The first-order valence-corrected chi connectivity index (χ1v) is 16.7. The Kier molecular flexibility index (Phi) is 26.8. The number of rotatable bonds is 27. The molecule has 0 radical (unpaired) electrons. The third-order valence-electron chi connectivity index (χ3n) is 6.67. The molecule has 0 saturated carbocycles. The predicted molar refractivity (Wildman–Crippen MR) is 187 cm³/mol. The number of aliphatic carboxylic acids is 1. The molecule has 0 heterocycles. The van der Waals surface area contributed by atoms with Gasteiger partial charge in [-0.25, -0.2) is 4.79 Å². The van der Waals surface area contributed by atoms with Gasteiger partial charge in [0.1, 0.15) is 6.61 Å². The first-order valence-electron chi connectivity index (χ1n) is 16.7. The van der Waals surface area contributed by atoms with Crippen molar-refractivity contribution >= 4 is 17.9 Å². The van der Waals surface area contributed by atoms with E-state index < -0.39 is 24.1 Å². The Morgan fingerprint density at radius 2 is 1.26 bits per heavy atom. The normalized spacial score (nSPS) is 14.2. The number of esters is 2. The Hall–Kier alpha value is -3.49. The molecule has 8 nitrogen and oxygen atoms in total. The predicted octanol–water partition coefficient (Wildman–Crippen LogP) is 7.84. The number of carboxylic acids is 1. The van der Waals surface area contributed by atoms with E-state index in [0.717, 1.165) is 32.1 Å². The molecule has 0 bridgehead atoms. The second-order valence-electron chi connectivity index (χ2n) is 11.8. The standard InChI is InChI=1S/C38H59NO7/c1-6-8-10-12-14-16-17-18-19-21-23-25-27-29-37(41)46-34(32-44-31-30-35(38(42)43)39(3,4)5)33-45-36(40)28-26-24-22-20-15-13-11-9-7-2/h8-12,14-21,23,34-35H,6-7,13,22,24-33H2,1-5H3/p+1/b10-8+,11-9+,14-12+,17-16+,19-18+,20-15+,23-21+. The fourth-order valence-corrected chi connectivity index (χ4v) is 4.10. The zero-order chi connectivity index (χ0) is 34.3. The SMILES string of the molecule is CC/C=C/C=C/C=C/C=C/C=C/CCCC(=O)OC(COCCC(C(=O)O)[N+](C)(C)C)COC(=O)CCCC/C=C/C/C=C/CC. The van der Waals surface area contributed by atoms with E-state index in [2.05, 4.69) is 44.2 Å². The monoisotopic (exact) mass is 642 g/mol. The quantitative estimate of drug-likeness (QED) is 0.0320. The summed E-state index contributed by atoms with van der Waals surface area (Å²) in [4.78, 5) is 36.5. The van der Waals surface area contributed by atoms with E-state index in [0.29, 0.717) is 32.1 Å². The fraction of sp³-hybridized carbons (Fsp3) is 0.553. The van der Waals surface area contributed by atoms with Crippen molar-refractivity contribution in [3.05, 3.63) is 85.1 Å². The first kappa shape index (κ1) is 42.5. The number of carbonyl (C=O) groups excluding carboxylic acids is 2. The summed E-state index contributed by atoms with van der Waals surface area (Å²) in [5.41, 5.74) is 0. The second-order valence-corrected chi connectivity index (χ2v) is 11.8. The smallest absolute Gasteiger partial charge is 0.362 e. The molecule has 0 amide bonds. The fourth-order valence-electron chi connectivity index (χ4n) is 4.10. The number of carbonyl (C=O) groups is 3. The number of carboxylic acid groups (broad SMARTS) is 1. The van der Waals surface area contributed by atoms with Crippen molar-refractivity contribution in [3.63, 3.8) is 0 Å². The molecule has 1 N–H and O–H groups in total. The number of ether oxygens (including phenoxy) is 3. The molecule has 2 unspecified atom stereocenters. The average Bonchev–Trinajstić information content (AvgIpc) is 3.00. The highest BCUT2D eigenvalue weighted by Gasteiger charge is 2.31. The van der Waals surface area contributed by atoms with Crippen LogP contribution in [0.5, 0.6) is 0 Å². The number of allylic oxidation sites excluding steroid dienone is 14. The maximum Gasteiger partial charge on any atom is 0.362 e. The van der Waals surface area contributed by atoms with Gasteiger partial charge in [0.05, 0.1) is 34.4 Å². The molecular weight excluding hydrogens is 582 g/mol. The highest BCUT2D eigenvalue weighted by atomic mass is 16.6. The van der Waals surface area contributed by atoms with E-state index in [1.165, 1.54) is 0 Å². The summed E-state index contributed by atoms with van der Waals surface area (Å²) in [6.07, 6.45) is 35.2. The Labute approximate surface area is 278 Å². The van der Waals surface area contributed by atoms with Crippen LogP contribution in [0.1, 0.15) is 84.5 Å². The van der Waals surface area contributed by atoms with Gasteiger partial charge in [0, 0.05) is 19.3 Å². The summed E-state index contributed by atoms with van der Waals surface area (Å²) in [5.74, 6) is -1.63. The topological polar surface area (TPSA) is 99.1 Å². The lowest BCUT2D eigenvalue weighted by Crippen LogP contribution is -2.50. The second kappa shape index (κ2) is 28.9. The third-order valence-corrected chi connectivity index (χ3v) is 6.67. The van der Waals surface area contributed by atoms with Gasteiger partial charge in [-0.2, -0.15) is 0 Å². The molecule has 46 heavy (non-hydrogen) atoms. The van der Waals surface area contributed by atoms with Crippen molar-refractivity contribution in [2.24, 2.45) is 0 Å². The lowest BCUT2D eigenvalue weighted by Gasteiger charge is -2.31. The summed E-state index contributed by atoms with van der Waals surface area (Å²) < 4.78 is 17.0. The van der Waals surface area contributed by atoms with E-state index in [1.54, 1.807) is 0 Å². The zero-order valence-corrected chi connectivity index (χ0v) is 29.0. The van der Waals surface area contributed by atoms with Crippen molar-refractivity contribution in [3.8, 4) is 0 Å². The van der Waals surface area contributed by atoms with E-state index in [4.69, 9.17) is 14.2 Å². The van der Waals surface area contributed by atoms with Crippen LogP contribution in [0.15, 0.2) is 85.1 Å². The molecule has 0 spiro atoms. The van der Waals surface area contributed by atoms with E-state index in [1.807, 2.05) is 75.8 Å². The minimum absolute atomic E-state index is 0.0159. The zero-order valence-electron chi connectivity index (χ0n) is 29.0. The van der Waals surface area contributed by atoms with Gasteiger partial charge in [-0.3, -0.25) is 9.59 Å². The number of hydrogen-bond acceptors (Lipinski definition) is 6. The first-order chi connectivity index (χ1) is 22.1. The van der Waals surface area contributed by atoms with Gasteiger partial charge in [0.15, 0.2) is 12.1 Å². The van der Waals surface area contributed by atoms with Crippen molar-refractivity contribution in [1.29, 1.82) is 0 Å². The molecule has 8 heteroatoms. The molecular formula is C38H60NO7+. The van der Waals surface area contributed by atoms with Crippen LogP contribution in [-0.4, -0.2) is 80.6 Å². The van der Waals surface area contributed by atoms with Crippen LogP contribution in [0.3, 0.4) is 0 Å². The van der Waals surface area contributed by atoms with Crippen molar-refractivity contribution in [1.82, 2.24) is 0 Å². The molecule has 0 saturated heterocycles. The molecule has 2 atom stereocenters. The Balaban J connectivity index is 4.70. The van der Waals surface area contributed by atoms with E-state index in [-0.39, 0.29) is 36.7 Å². The van der Waals surface area contributed by atoms with Gasteiger partial charge in [-0.1, -0.05) is 98.9 Å². The van der Waals surface area contributed by atoms with Gasteiger partial charge in [0.2, 0.25) is 0 Å². The Morgan fingerprint density at radius 3 is 1.89 bits per heavy atom. The van der Waals surface area contributed by atoms with Crippen LogP contribution >= 0.6 is 0 Å². The summed E-state index contributed by atoms with van der Waals surface area (Å²) in [5, 5.41) is 9.54. The minimum atomic E-state index is -0.898. The largest absolute Gasteiger partial charge is 0.477 e. The molecule has 0 aliphatic rings. The van der Waals surface area contributed by atoms with Gasteiger partial charge in [-0.15, -0.1) is 0 Å². The summed E-state index contributed by atoms with van der Waals surface area (Å²) in [6, 6.07) is -0.634. The highest BCUT2D eigenvalue weighted by molar-refractivity contribution is 5.72. The van der Waals surface area contributed by atoms with Gasteiger partial charge in [-0.05, 0) is 51.4 Å². The molecule has 0 aliphatic heterocycles. The van der Waals surface area contributed by atoms with E-state index >= 15 is 0 Å². The number of likely N-dealkylation sites (N-methyl/N-ethyl adjacent to an activating group) is 1. The third kappa shape index (κ3) is 26.9. The number of unbranched alkanes of at least 4 members (excludes halogenated alkanes) is 3. The molecule has 0 fully saturated rings. The number of quaternary nitrogens is 1. The molecule has 0 aromatic carbocycles. The lowest BCUT2D eigenvalue weighted by molar-refractivity contribution is -0.887. The van der Waals surface area contributed by atoms with Crippen LogP contribution in [0.25, 0.3) is 0 Å². The van der Waals surface area contributed by atoms with Gasteiger partial charge >= 0.3 is 17.9 Å². The lowest BCUT2D eigenvalue weighted by atomic mass is 10.1. The maximum absolute atomic E-state index is 12.5. The summed E-state index contributed by atoms with van der Waals surface area (Å²) >= 11 is 0.